The molecule has 0 heterocycles. The molecule has 0 aromatic rings. The summed E-state index contributed by atoms with van der Waals surface area (Å²) < 4.78 is 16.9. The fraction of sp³-hybridized carbons (Fsp3) is 0.696. The smallest absolute Gasteiger partial charge is 0.306 e. The Kier molecular flexibility index (Phi) is 59.3. The van der Waals surface area contributed by atoms with E-state index in [1.165, 1.54) is 116 Å². The van der Waals surface area contributed by atoms with Crippen molar-refractivity contribution >= 4 is 17.9 Å². The molecule has 428 valence electrons. The Bertz CT molecular complexity index is 1520. The van der Waals surface area contributed by atoms with E-state index in [2.05, 4.69) is 130 Å². The molecule has 0 N–H and O–H groups in total. The molecule has 0 amide bonds. The van der Waals surface area contributed by atoms with Crippen LogP contribution in [0.4, 0.5) is 0 Å². The molecule has 0 spiro atoms. The van der Waals surface area contributed by atoms with Crippen molar-refractivity contribution in [2.45, 2.75) is 297 Å². The van der Waals surface area contributed by atoms with Crippen molar-refractivity contribution in [3.05, 3.63) is 109 Å². The highest BCUT2D eigenvalue weighted by atomic mass is 16.6. The maximum absolute atomic E-state index is 12.9. The van der Waals surface area contributed by atoms with Crippen LogP contribution in [0, 0.1) is 0 Å². The van der Waals surface area contributed by atoms with Crippen LogP contribution in [-0.2, 0) is 28.6 Å². The predicted octanol–water partition coefficient (Wildman–Crippen LogP) is 21.4. The second kappa shape index (κ2) is 62.6. The van der Waals surface area contributed by atoms with Gasteiger partial charge in [0.05, 0.1) is 0 Å². The molecule has 0 saturated heterocycles. The average Bonchev–Trinajstić information content (AvgIpc) is 3.41. The van der Waals surface area contributed by atoms with E-state index < -0.39 is 6.10 Å². The van der Waals surface area contributed by atoms with E-state index in [9.17, 15) is 14.4 Å². The summed E-state index contributed by atoms with van der Waals surface area (Å²) >= 11 is 0. The summed E-state index contributed by atoms with van der Waals surface area (Å²) in [6.07, 6.45) is 85.1. The third-order valence-electron chi connectivity index (χ3n) is 13.3. The van der Waals surface area contributed by atoms with Gasteiger partial charge >= 0.3 is 17.9 Å². The molecule has 0 fully saturated rings. The van der Waals surface area contributed by atoms with Crippen LogP contribution in [0.3, 0.4) is 0 Å². The van der Waals surface area contributed by atoms with Gasteiger partial charge < -0.3 is 14.2 Å². The standard InChI is InChI=1S/C69H116O6/c1-4-7-10-13-16-19-22-25-28-29-30-31-32-33-34-35-36-37-38-39-40-41-42-45-47-50-53-56-59-62-68(71)74-65-66(75-69(72)63-60-57-54-51-48-44-27-24-21-18-15-12-9-6-3)64-73-67(70)61-58-55-52-49-46-43-26-23-20-17-14-11-8-5-2/h7,10,16,19,24-25,27-28,30-31,33-34,36-37,39-40,42,45,66H,4-6,8-9,11-15,17-18,20-23,26,29,32,35,38,41,43-44,46-65H2,1-3H3/b10-7-,19-16-,27-24-,28-25-,31-30-,34-33-,37-36-,40-39-,45-42-. The maximum atomic E-state index is 12.9. The Hall–Kier alpha value is -3.93. The van der Waals surface area contributed by atoms with E-state index in [4.69, 9.17) is 14.2 Å². The molecule has 0 aromatic heterocycles. The summed E-state index contributed by atoms with van der Waals surface area (Å²) in [5.74, 6) is -0.916. The molecular weight excluding hydrogens is 925 g/mol. The summed E-state index contributed by atoms with van der Waals surface area (Å²) in [5, 5.41) is 0. The summed E-state index contributed by atoms with van der Waals surface area (Å²) in [5.41, 5.74) is 0. The molecule has 0 rings (SSSR count). The Labute approximate surface area is 463 Å². The van der Waals surface area contributed by atoms with Gasteiger partial charge in [0.15, 0.2) is 6.10 Å². The summed E-state index contributed by atoms with van der Waals surface area (Å²) in [7, 11) is 0. The minimum Gasteiger partial charge on any atom is -0.462 e. The number of hydrogen-bond donors (Lipinski definition) is 0. The van der Waals surface area contributed by atoms with Crippen LogP contribution >= 0.6 is 0 Å². The third kappa shape index (κ3) is 60.8. The highest BCUT2D eigenvalue weighted by Gasteiger charge is 2.19. The first-order chi connectivity index (χ1) is 37.0. The van der Waals surface area contributed by atoms with Crippen molar-refractivity contribution < 1.29 is 28.6 Å². The van der Waals surface area contributed by atoms with Gasteiger partial charge in [-0.3, -0.25) is 14.4 Å². The van der Waals surface area contributed by atoms with Crippen LogP contribution in [0.25, 0.3) is 0 Å². The van der Waals surface area contributed by atoms with Crippen molar-refractivity contribution in [2.75, 3.05) is 13.2 Å². The van der Waals surface area contributed by atoms with E-state index in [0.717, 1.165) is 135 Å². The normalized spacial score (nSPS) is 12.8. The molecule has 0 aliphatic rings. The third-order valence-corrected chi connectivity index (χ3v) is 13.3. The number of hydrogen-bond acceptors (Lipinski definition) is 6. The SMILES string of the molecule is CC/C=C\C/C=C\C/C=C\C/C=C\C/C=C\C/C=C\C/C=C\C/C=C\CCCCCCC(=O)OCC(COC(=O)CCCCCCCCCCCCCCCC)OC(=O)CCCCCCC/C=C\CCCCCCC. The molecule has 6 nitrogen and oxygen atoms in total. The lowest BCUT2D eigenvalue weighted by molar-refractivity contribution is -0.167. The van der Waals surface area contributed by atoms with Gasteiger partial charge in [-0.1, -0.05) is 271 Å². The molecule has 0 bridgehead atoms. The van der Waals surface area contributed by atoms with Crippen molar-refractivity contribution in [1.29, 1.82) is 0 Å². The highest BCUT2D eigenvalue weighted by molar-refractivity contribution is 5.71. The van der Waals surface area contributed by atoms with E-state index >= 15 is 0 Å². The lowest BCUT2D eigenvalue weighted by atomic mass is 10.0. The first-order valence-corrected chi connectivity index (χ1v) is 31.4. The average molecular weight is 1040 g/mol. The Morgan fingerprint density at radius 1 is 0.280 bits per heavy atom. The van der Waals surface area contributed by atoms with Crippen molar-refractivity contribution in [3.8, 4) is 0 Å². The summed E-state index contributed by atoms with van der Waals surface area (Å²) in [6.45, 7) is 6.50. The fourth-order valence-corrected chi connectivity index (χ4v) is 8.57. The summed E-state index contributed by atoms with van der Waals surface area (Å²) in [6, 6.07) is 0. The number of esters is 3. The second-order valence-electron chi connectivity index (χ2n) is 20.6. The number of unbranched alkanes of at least 4 members (excludes halogenated alkanes) is 27. The van der Waals surface area contributed by atoms with Crippen LogP contribution in [0.5, 0.6) is 0 Å². The molecule has 0 saturated carbocycles. The van der Waals surface area contributed by atoms with Crippen LogP contribution in [0.2, 0.25) is 0 Å². The van der Waals surface area contributed by atoms with Crippen LogP contribution in [0.1, 0.15) is 290 Å². The minimum atomic E-state index is -0.793. The van der Waals surface area contributed by atoms with Crippen LogP contribution < -0.4 is 0 Å². The van der Waals surface area contributed by atoms with Gasteiger partial charge in [0.25, 0.3) is 0 Å². The zero-order chi connectivity index (χ0) is 54.3. The maximum Gasteiger partial charge on any atom is 0.306 e. The van der Waals surface area contributed by atoms with E-state index in [-0.39, 0.29) is 31.1 Å². The highest BCUT2D eigenvalue weighted by Crippen LogP contribution is 2.15. The molecule has 0 aliphatic heterocycles. The number of carbonyl (C=O) groups is 3. The van der Waals surface area contributed by atoms with Gasteiger partial charge in [-0.2, -0.15) is 0 Å². The fourth-order valence-electron chi connectivity index (χ4n) is 8.57. The second-order valence-corrected chi connectivity index (χ2v) is 20.6. The lowest BCUT2D eigenvalue weighted by Crippen LogP contribution is -2.30. The number of allylic oxidation sites excluding steroid dienone is 18. The zero-order valence-corrected chi connectivity index (χ0v) is 49.0. The van der Waals surface area contributed by atoms with Crippen molar-refractivity contribution in [1.82, 2.24) is 0 Å². The van der Waals surface area contributed by atoms with E-state index in [1.807, 2.05) is 0 Å². The largest absolute Gasteiger partial charge is 0.462 e. The van der Waals surface area contributed by atoms with E-state index in [1.54, 1.807) is 0 Å². The van der Waals surface area contributed by atoms with Gasteiger partial charge in [-0.05, 0) is 109 Å². The molecule has 0 radical (unpaired) electrons. The van der Waals surface area contributed by atoms with Gasteiger partial charge in [0.1, 0.15) is 13.2 Å². The van der Waals surface area contributed by atoms with Gasteiger partial charge in [-0.25, -0.2) is 0 Å². The summed E-state index contributed by atoms with van der Waals surface area (Å²) in [4.78, 5) is 38.2. The quantitative estimate of drug-likeness (QED) is 0.0261. The predicted molar refractivity (Wildman–Crippen MR) is 325 cm³/mol. The first kappa shape index (κ1) is 71.1. The topological polar surface area (TPSA) is 78.9 Å². The Morgan fingerprint density at radius 3 is 0.827 bits per heavy atom. The number of ether oxygens (including phenoxy) is 3. The van der Waals surface area contributed by atoms with Crippen LogP contribution in [0.15, 0.2) is 109 Å². The Morgan fingerprint density at radius 2 is 0.520 bits per heavy atom. The van der Waals surface area contributed by atoms with Crippen molar-refractivity contribution in [3.63, 3.8) is 0 Å². The van der Waals surface area contributed by atoms with Gasteiger partial charge in [0, 0.05) is 19.3 Å². The molecule has 0 aromatic carbocycles. The number of rotatable bonds is 56. The monoisotopic (exact) mass is 1040 g/mol. The molecular formula is C69H116O6. The molecule has 75 heavy (non-hydrogen) atoms. The van der Waals surface area contributed by atoms with Gasteiger partial charge in [0.2, 0.25) is 0 Å². The number of carbonyl (C=O) groups excluding carboxylic acids is 3. The minimum absolute atomic E-state index is 0.0878. The molecule has 6 heteroatoms. The zero-order valence-electron chi connectivity index (χ0n) is 49.0. The molecule has 1 unspecified atom stereocenters. The molecule has 1 atom stereocenters. The molecule has 0 aliphatic carbocycles. The van der Waals surface area contributed by atoms with Gasteiger partial charge in [-0.15, -0.1) is 0 Å². The van der Waals surface area contributed by atoms with Crippen molar-refractivity contribution in [2.24, 2.45) is 0 Å². The van der Waals surface area contributed by atoms with E-state index in [0.29, 0.717) is 19.3 Å². The lowest BCUT2D eigenvalue weighted by Gasteiger charge is -2.18. The Balaban J connectivity index is 4.36. The van der Waals surface area contributed by atoms with Crippen LogP contribution in [-0.4, -0.2) is 37.2 Å². The first-order valence-electron chi connectivity index (χ1n) is 31.4.